The molecule has 0 aromatic heterocycles. The molecular formula is C14H25BFN2O3P. The van der Waals surface area contributed by atoms with Gasteiger partial charge in [-0.2, -0.15) is 5.26 Å². The third kappa shape index (κ3) is 5.14. The minimum Gasteiger partial charge on any atom is -0.379 e. The van der Waals surface area contributed by atoms with Crippen LogP contribution in [0.2, 0.25) is 0 Å². The molecule has 1 fully saturated rings. The second kappa shape index (κ2) is 9.15. The largest absolute Gasteiger partial charge is 0.379 e. The van der Waals surface area contributed by atoms with E-state index in [9.17, 15) is 4.39 Å². The van der Waals surface area contributed by atoms with Crippen molar-refractivity contribution in [2.45, 2.75) is 77.5 Å². The molecule has 1 aliphatic rings. The van der Waals surface area contributed by atoms with Crippen LogP contribution in [0.3, 0.4) is 0 Å². The van der Waals surface area contributed by atoms with Crippen LogP contribution in [0.4, 0.5) is 4.39 Å². The van der Waals surface area contributed by atoms with Gasteiger partial charge in [-0.3, -0.25) is 0 Å². The van der Waals surface area contributed by atoms with E-state index in [1.165, 1.54) is 0 Å². The minimum absolute atomic E-state index is 0.117. The van der Waals surface area contributed by atoms with E-state index < -0.39 is 32.9 Å². The van der Waals surface area contributed by atoms with Crippen molar-refractivity contribution < 1.29 is 19.5 Å². The molecule has 0 aliphatic carbocycles. The molecule has 1 rings (SSSR count). The highest BCUT2D eigenvalue weighted by Gasteiger charge is 2.44. The van der Waals surface area contributed by atoms with Crippen molar-refractivity contribution in [1.82, 2.24) is 4.67 Å². The van der Waals surface area contributed by atoms with E-state index in [1.807, 2.05) is 38.4 Å². The topological polar surface area (TPSA) is 54.7 Å². The summed E-state index contributed by atoms with van der Waals surface area (Å²) < 4.78 is 40.6. The van der Waals surface area contributed by atoms with Gasteiger partial charge in [0.2, 0.25) is 0 Å². The lowest BCUT2D eigenvalue weighted by atomic mass is 9.94. The quantitative estimate of drug-likeness (QED) is 0.389. The number of nitrogens with zero attached hydrogens (tertiary/aromatic N) is 2. The highest BCUT2D eigenvalue weighted by molar-refractivity contribution is 7.44. The fourth-order valence-corrected chi connectivity index (χ4v) is 4.04. The number of alkyl halides is 1. The zero-order valence-corrected chi connectivity index (χ0v) is 14.5. The van der Waals surface area contributed by atoms with Gasteiger partial charge >= 0.3 is 0 Å². The second-order valence-corrected chi connectivity index (χ2v) is 7.11. The van der Waals surface area contributed by atoms with Gasteiger partial charge in [-0.1, -0.05) is 0 Å². The van der Waals surface area contributed by atoms with E-state index in [-0.39, 0.29) is 32.0 Å². The summed E-state index contributed by atoms with van der Waals surface area (Å²) in [5.74, 6) is 0. The predicted octanol–water partition coefficient (Wildman–Crippen LogP) is 2.90. The summed E-state index contributed by atoms with van der Waals surface area (Å²) in [7, 11) is 4.00. The molecule has 0 amide bonds. The lowest BCUT2D eigenvalue weighted by Gasteiger charge is -2.37. The fraction of sp³-hybridized carbons (Fsp3) is 0.929. The molecule has 8 heteroatoms. The van der Waals surface area contributed by atoms with Gasteiger partial charge in [0, 0.05) is 13.5 Å². The Hall–Kier alpha value is -0.245. The Bertz CT molecular complexity index is 395. The maximum atomic E-state index is 14.3. The molecule has 22 heavy (non-hydrogen) atoms. The summed E-state index contributed by atoms with van der Waals surface area (Å²) in [5, 5.41) is 8.68. The summed E-state index contributed by atoms with van der Waals surface area (Å²) in [6.07, 6.45) is -2.93. The van der Waals surface area contributed by atoms with Gasteiger partial charge in [-0.25, -0.2) is 9.06 Å². The Kier molecular flexibility index (Phi) is 7.53. The van der Waals surface area contributed by atoms with E-state index in [0.29, 0.717) is 0 Å². The van der Waals surface area contributed by atoms with E-state index in [2.05, 4.69) is 0 Å². The standard InChI is InChI=1S/C14H25BFN2O3P/c1-9(2)18(10(3)4)22(19-8-6-7-17)21-13-11(5)20-14(15)12(13)16/h9-14H,6,8H2,1-5H3/t11-,12?,13+,14-,22?/m1/s1/i5D. The highest BCUT2D eigenvalue weighted by atomic mass is 31.2. The van der Waals surface area contributed by atoms with Crippen LogP contribution in [-0.4, -0.2) is 55.6 Å². The van der Waals surface area contributed by atoms with E-state index in [0.717, 1.165) is 0 Å². The van der Waals surface area contributed by atoms with Crippen molar-refractivity contribution in [3.8, 4) is 6.07 Å². The van der Waals surface area contributed by atoms with Crippen molar-refractivity contribution in [1.29, 1.82) is 5.26 Å². The van der Waals surface area contributed by atoms with Crippen LogP contribution >= 0.6 is 8.53 Å². The molecule has 2 unspecified atom stereocenters. The molecule has 5 atom stereocenters. The van der Waals surface area contributed by atoms with Crippen molar-refractivity contribution in [2.75, 3.05) is 6.61 Å². The fourth-order valence-electron chi connectivity index (χ4n) is 2.27. The van der Waals surface area contributed by atoms with Gasteiger partial charge in [0.05, 0.1) is 31.2 Å². The molecule has 1 aliphatic heterocycles. The second-order valence-electron chi connectivity index (χ2n) is 5.70. The van der Waals surface area contributed by atoms with Crippen molar-refractivity contribution >= 4 is 16.4 Å². The lowest BCUT2D eigenvalue weighted by Crippen LogP contribution is -2.37. The van der Waals surface area contributed by atoms with Crippen LogP contribution in [-0.2, 0) is 13.8 Å². The first kappa shape index (κ1) is 18.1. The third-order valence-corrected chi connectivity index (χ3v) is 5.33. The summed E-state index contributed by atoms with van der Waals surface area (Å²) in [4.78, 5) is 0. The predicted molar refractivity (Wildman–Crippen MR) is 85.1 cm³/mol. The Morgan fingerprint density at radius 1 is 1.45 bits per heavy atom. The van der Waals surface area contributed by atoms with Gasteiger partial charge < -0.3 is 13.8 Å². The Labute approximate surface area is 136 Å². The maximum absolute atomic E-state index is 14.3. The third-order valence-electron chi connectivity index (χ3n) is 3.20. The van der Waals surface area contributed by atoms with Crippen LogP contribution in [0.25, 0.3) is 0 Å². The number of nitriles is 1. The van der Waals surface area contributed by atoms with Gasteiger partial charge in [0.1, 0.15) is 20.1 Å². The first-order chi connectivity index (χ1) is 10.8. The molecule has 1 heterocycles. The minimum atomic E-state index is -1.58. The first-order valence-electron chi connectivity index (χ1n) is 8.13. The smallest absolute Gasteiger partial charge is 0.259 e. The number of halogens is 1. The Morgan fingerprint density at radius 3 is 2.59 bits per heavy atom. The van der Waals surface area contributed by atoms with Crippen LogP contribution in [0.5, 0.6) is 0 Å². The number of hydrogen-bond donors (Lipinski definition) is 0. The van der Waals surface area contributed by atoms with Crippen molar-refractivity contribution in [2.24, 2.45) is 0 Å². The summed E-state index contributed by atoms with van der Waals surface area (Å²) >= 11 is 0. The molecular weight excluding hydrogens is 305 g/mol. The van der Waals surface area contributed by atoms with E-state index >= 15 is 0 Å². The molecule has 0 aromatic rings. The van der Waals surface area contributed by atoms with Crippen molar-refractivity contribution in [3.05, 3.63) is 0 Å². The normalized spacial score (nSPS) is 30.8. The Balaban J connectivity index is 2.88. The first-order valence-corrected chi connectivity index (χ1v) is 8.55. The van der Waals surface area contributed by atoms with E-state index in [1.54, 1.807) is 0 Å². The zero-order chi connectivity index (χ0) is 17.6. The molecule has 2 radical (unpaired) electrons. The number of rotatable bonds is 8. The average molecular weight is 331 g/mol. The van der Waals surface area contributed by atoms with E-state index in [4.69, 9.17) is 28.3 Å². The monoisotopic (exact) mass is 331 g/mol. The molecule has 0 saturated carbocycles. The zero-order valence-electron chi connectivity index (χ0n) is 14.6. The number of ether oxygens (including phenoxy) is 1. The SMILES string of the molecule is [2H]C[C@H]1O[C@@H]([B])C(F)[C@H]1OP(OCCC#N)N(C(C)C)C(C)C. The lowest BCUT2D eigenvalue weighted by molar-refractivity contribution is 0.0433. The molecule has 0 aromatic carbocycles. The average Bonchev–Trinajstić information content (AvgIpc) is 2.74. The highest BCUT2D eigenvalue weighted by Crippen LogP contribution is 2.49. The maximum Gasteiger partial charge on any atom is 0.259 e. The van der Waals surface area contributed by atoms with Gasteiger partial charge in [-0.15, -0.1) is 0 Å². The molecule has 1 saturated heterocycles. The Morgan fingerprint density at radius 2 is 2.09 bits per heavy atom. The van der Waals surface area contributed by atoms with Crippen LogP contribution in [0.1, 0.15) is 42.4 Å². The van der Waals surface area contributed by atoms with Gasteiger partial charge in [0.25, 0.3) is 8.53 Å². The van der Waals surface area contributed by atoms with Crippen LogP contribution < -0.4 is 0 Å². The molecule has 0 bridgehead atoms. The van der Waals surface area contributed by atoms with Crippen LogP contribution in [0, 0.1) is 11.3 Å². The molecule has 124 valence electrons. The van der Waals surface area contributed by atoms with Gasteiger partial charge in [0.15, 0.2) is 0 Å². The van der Waals surface area contributed by atoms with Crippen LogP contribution in [0.15, 0.2) is 0 Å². The molecule has 5 nitrogen and oxygen atoms in total. The number of hydrogen-bond acceptors (Lipinski definition) is 5. The summed E-state index contributed by atoms with van der Waals surface area (Å²) in [5.41, 5.74) is 0. The molecule has 0 spiro atoms. The van der Waals surface area contributed by atoms with Crippen molar-refractivity contribution in [3.63, 3.8) is 0 Å². The summed E-state index contributed by atoms with van der Waals surface area (Å²) in [6.45, 7) is 8.07. The summed E-state index contributed by atoms with van der Waals surface area (Å²) in [6, 6.07) is 1.16. The molecule has 0 N–H and O–H groups in total. The van der Waals surface area contributed by atoms with Gasteiger partial charge in [-0.05, 0) is 34.6 Å².